The number of aromatic amines is 1. The van der Waals surface area contributed by atoms with Gasteiger partial charge in [0.15, 0.2) is 0 Å². The van der Waals surface area contributed by atoms with Gasteiger partial charge in [0.1, 0.15) is 12.1 Å². The number of amides is 1. The summed E-state index contributed by atoms with van der Waals surface area (Å²) < 4.78 is 5.99. The van der Waals surface area contributed by atoms with Gasteiger partial charge in [-0.25, -0.2) is 15.0 Å². The predicted molar refractivity (Wildman–Crippen MR) is 119 cm³/mol. The van der Waals surface area contributed by atoms with Crippen LogP contribution in [-0.4, -0.2) is 32.4 Å². The second kappa shape index (κ2) is 9.86. The maximum atomic E-state index is 12.2. The Kier molecular flexibility index (Phi) is 6.54. The highest BCUT2D eigenvalue weighted by Crippen LogP contribution is 2.28. The van der Waals surface area contributed by atoms with Crippen molar-refractivity contribution < 1.29 is 9.53 Å². The number of nitrogens with one attached hydrogen (secondary N) is 2. The fraction of sp³-hybridized carbons (Fsp3) is 0.130. The second-order valence-electron chi connectivity index (χ2n) is 6.84. The number of ether oxygens (including phenoxy) is 1. The molecule has 2 aromatic heterocycles. The van der Waals surface area contributed by atoms with Crippen LogP contribution in [0.25, 0.3) is 11.3 Å². The molecule has 0 unspecified atom stereocenters. The Morgan fingerprint density at radius 3 is 2.68 bits per heavy atom. The number of aromatic nitrogens is 4. The van der Waals surface area contributed by atoms with Crippen LogP contribution in [0.3, 0.4) is 0 Å². The van der Waals surface area contributed by atoms with Gasteiger partial charge in [-0.2, -0.15) is 0 Å². The molecule has 0 bridgehead atoms. The summed E-state index contributed by atoms with van der Waals surface area (Å²) in [6, 6.07) is 13.3. The summed E-state index contributed by atoms with van der Waals surface area (Å²) in [6.07, 6.45) is 8.89. The Morgan fingerprint density at radius 2 is 1.90 bits per heavy atom. The monoisotopic (exact) mass is 433 g/mol. The topological polar surface area (TPSA) is 92.8 Å². The summed E-state index contributed by atoms with van der Waals surface area (Å²) in [6.45, 7) is 0.463. The Morgan fingerprint density at radius 1 is 1.06 bits per heavy atom. The highest BCUT2D eigenvalue weighted by Gasteiger charge is 2.09. The number of hydrogen-bond acceptors (Lipinski definition) is 5. The molecule has 31 heavy (non-hydrogen) atoms. The number of halogens is 1. The Labute approximate surface area is 184 Å². The van der Waals surface area contributed by atoms with E-state index in [1.54, 1.807) is 31.0 Å². The van der Waals surface area contributed by atoms with Gasteiger partial charge in [-0.15, -0.1) is 0 Å². The number of carbonyl (C=O) groups is 1. The lowest BCUT2D eigenvalue weighted by Crippen LogP contribution is -2.14. The maximum Gasteiger partial charge on any atom is 0.228 e. The number of imidazole rings is 1. The first-order valence-corrected chi connectivity index (χ1v) is 10.1. The van der Waals surface area contributed by atoms with E-state index in [0.29, 0.717) is 23.7 Å². The third kappa shape index (κ3) is 5.46. The molecule has 1 amide bonds. The largest absolute Gasteiger partial charge is 0.493 e. The normalized spacial score (nSPS) is 10.6. The van der Waals surface area contributed by atoms with E-state index in [1.165, 1.54) is 6.33 Å². The molecule has 2 heterocycles. The van der Waals surface area contributed by atoms with E-state index in [-0.39, 0.29) is 12.3 Å². The fourth-order valence-electron chi connectivity index (χ4n) is 3.13. The van der Waals surface area contributed by atoms with Crippen molar-refractivity contribution in [3.63, 3.8) is 0 Å². The highest BCUT2D eigenvalue weighted by molar-refractivity contribution is 6.31. The minimum absolute atomic E-state index is 0.155. The average molecular weight is 434 g/mol. The minimum Gasteiger partial charge on any atom is -0.493 e. The minimum atomic E-state index is -0.155. The number of hydrogen-bond donors (Lipinski definition) is 2. The van der Waals surface area contributed by atoms with E-state index >= 15 is 0 Å². The number of H-pyrrole nitrogens is 1. The molecule has 0 fully saturated rings. The number of anilines is 1. The number of carbonyl (C=O) groups excluding carboxylic acids is 1. The van der Waals surface area contributed by atoms with Crippen LogP contribution in [0.1, 0.15) is 11.1 Å². The molecule has 0 saturated heterocycles. The van der Waals surface area contributed by atoms with Crippen molar-refractivity contribution >= 4 is 23.2 Å². The van der Waals surface area contributed by atoms with Gasteiger partial charge in [-0.1, -0.05) is 29.8 Å². The van der Waals surface area contributed by atoms with E-state index < -0.39 is 0 Å². The lowest BCUT2D eigenvalue weighted by atomic mass is 10.1. The molecule has 0 saturated carbocycles. The Balaban J connectivity index is 1.34. The van der Waals surface area contributed by atoms with Gasteiger partial charge in [0.25, 0.3) is 0 Å². The molecular formula is C23H20ClN5O2. The van der Waals surface area contributed by atoms with Crippen molar-refractivity contribution in [2.24, 2.45) is 0 Å². The van der Waals surface area contributed by atoms with E-state index in [2.05, 4.69) is 25.3 Å². The quantitative estimate of drug-likeness (QED) is 0.431. The molecule has 0 atom stereocenters. The molecule has 0 aliphatic carbocycles. The summed E-state index contributed by atoms with van der Waals surface area (Å²) in [5, 5.41) is 3.42. The van der Waals surface area contributed by atoms with Crippen LogP contribution in [0, 0.1) is 0 Å². The summed E-state index contributed by atoms with van der Waals surface area (Å²) in [4.78, 5) is 27.2. The van der Waals surface area contributed by atoms with Gasteiger partial charge in [-0.3, -0.25) is 4.79 Å². The van der Waals surface area contributed by atoms with Gasteiger partial charge in [0.2, 0.25) is 5.91 Å². The van der Waals surface area contributed by atoms with Crippen LogP contribution in [0.5, 0.6) is 5.75 Å². The maximum absolute atomic E-state index is 12.2. The summed E-state index contributed by atoms with van der Waals surface area (Å²) in [5.41, 5.74) is 4.18. The van der Waals surface area contributed by atoms with Gasteiger partial charge in [-0.05, 0) is 35.4 Å². The average Bonchev–Trinajstić information content (AvgIpc) is 3.31. The van der Waals surface area contributed by atoms with Crippen LogP contribution < -0.4 is 10.1 Å². The predicted octanol–water partition coefficient (Wildman–Crippen LogP) is 4.32. The number of para-hydroxylation sites is 1. The standard InChI is InChI=1S/C23H20ClN5O2/c24-20-10-18(29-23(30)9-16-11-25-14-26-12-16)6-5-17(20)7-8-31-22-4-2-1-3-19(22)21-13-27-15-28-21/h1-6,10-15H,7-9H2,(H,27,28)(H,29,30). The third-order valence-electron chi connectivity index (χ3n) is 4.62. The van der Waals surface area contributed by atoms with Crippen molar-refractivity contribution in [3.8, 4) is 17.0 Å². The zero-order chi connectivity index (χ0) is 21.5. The Bertz CT molecular complexity index is 1150. The number of nitrogens with zero attached hydrogens (tertiary/aromatic N) is 3. The SMILES string of the molecule is O=C(Cc1cncnc1)Nc1ccc(CCOc2ccccc2-c2cnc[nH]2)c(Cl)c1. The van der Waals surface area contributed by atoms with Crippen LogP contribution in [0.4, 0.5) is 5.69 Å². The second-order valence-corrected chi connectivity index (χ2v) is 7.24. The smallest absolute Gasteiger partial charge is 0.228 e. The summed E-state index contributed by atoms with van der Waals surface area (Å²) >= 11 is 6.43. The van der Waals surface area contributed by atoms with E-state index in [0.717, 1.165) is 28.1 Å². The van der Waals surface area contributed by atoms with E-state index in [1.807, 2.05) is 36.4 Å². The third-order valence-corrected chi connectivity index (χ3v) is 4.97. The number of rotatable bonds is 8. The molecule has 0 aliphatic heterocycles. The van der Waals surface area contributed by atoms with Gasteiger partial charge >= 0.3 is 0 Å². The zero-order valence-electron chi connectivity index (χ0n) is 16.6. The molecular weight excluding hydrogens is 414 g/mol. The van der Waals surface area contributed by atoms with Crippen LogP contribution in [-0.2, 0) is 17.6 Å². The first kappa shape index (κ1) is 20.6. The van der Waals surface area contributed by atoms with Gasteiger partial charge in [0, 0.05) is 35.1 Å². The van der Waals surface area contributed by atoms with Crippen LogP contribution >= 0.6 is 11.6 Å². The molecule has 4 aromatic rings. The Hall–Kier alpha value is -3.71. The zero-order valence-corrected chi connectivity index (χ0v) is 17.3. The first-order valence-electron chi connectivity index (χ1n) is 9.72. The number of benzene rings is 2. The highest BCUT2D eigenvalue weighted by atomic mass is 35.5. The molecule has 7 nitrogen and oxygen atoms in total. The fourth-order valence-corrected chi connectivity index (χ4v) is 3.40. The molecule has 2 aromatic carbocycles. The molecule has 0 aliphatic rings. The van der Waals surface area contributed by atoms with Crippen LogP contribution in [0.2, 0.25) is 5.02 Å². The van der Waals surface area contributed by atoms with Gasteiger partial charge < -0.3 is 15.0 Å². The van der Waals surface area contributed by atoms with Crippen LogP contribution in [0.15, 0.2) is 73.7 Å². The first-order chi connectivity index (χ1) is 15.2. The van der Waals surface area contributed by atoms with Crippen molar-refractivity contribution in [2.75, 3.05) is 11.9 Å². The van der Waals surface area contributed by atoms with E-state index in [9.17, 15) is 4.79 Å². The van der Waals surface area contributed by atoms with Crippen molar-refractivity contribution in [1.29, 1.82) is 0 Å². The summed E-state index contributed by atoms with van der Waals surface area (Å²) in [7, 11) is 0. The molecule has 0 radical (unpaired) electrons. The van der Waals surface area contributed by atoms with Crippen molar-refractivity contribution in [1.82, 2.24) is 19.9 Å². The lowest BCUT2D eigenvalue weighted by molar-refractivity contribution is -0.115. The molecule has 0 spiro atoms. The molecule has 2 N–H and O–H groups in total. The molecule has 4 rings (SSSR count). The summed E-state index contributed by atoms with van der Waals surface area (Å²) in [5.74, 6) is 0.619. The van der Waals surface area contributed by atoms with Crippen molar-refractivity contribution in [2.45, 2.75) is 12.8 Å². The molecule has 8 heteroatoms. The molecule has 156 valence electrons. The van der Waals surface area contributed by atoms with Crippen molar-refractivity contribution in [3.05, 3.63) is 89.9 Å². The van der Waals surface area contributed by atoms with E-state index in [4.69, 9.17) is 16.3 Å². The van der Waals surface area contributed by atoms with Gasteiger partial charge in [0.05, 0.1) is 31.2 Å². The lowest BCUT2D eigenvalue weighted by Gasteiger charge is -2.12.